The fourth-order valence-electron chi connectivity index (χ4n) is 17.4. The molecular weight excluding hydrogens is 745 g/mol. The summed E-state index contributed by atoms with van der Waals surface area (Å²) < 4.78 is 36.4. The molecule has 0 aromatic carbocycles. The first kappa shape index (κ1) is 47.7. The van der Waals surface area contributed by atoms with Gasteiger partial charge in [0.25, 0.3) is 0 Å². The van der Waals surface area contributed by atoms with Crippen LogP contribution in [0.15, 0.2) is 0 Å². The molecule has 60 heavy (non-hydrogen) atoms. The van der Waals surface area contributed by atoms with E-state index in [4.69, 9.17) is 28.4 Å². The largest absolute Gasteiger partial charge is 0.381 e. The number of methoxy groups -OCH3 is 6. The Morgan fingerprint density at radius 3 is 0.467 bits per heavy atom. The lowest BCUT2D eigenvalue weighted by molar-refractivity contribution is -0.146. The average Bonchev–Trinajstić information content (AvgIpc) is 3.33. The van der Waals surface area contributed by atoms with Gasteiger partial charge in [-0.1, -0.05) is 20.8 Å². The maximum absolute atomic E-state index is 6.07. The van der Waals surface area contributed by atoms with Gasteiger partial charge in [-0.05, 0) is 243 Å². The fourth-order valence-corrected chi connectivity index (χ4v) is 17.4. The molecule has 0 heterocycles. The molecule has 348 valence electrons. The molecule has 7 rings (SSSR count). The second-order valence-electron chi connectivity index (χ2n) is 23.2. The third-order valence-corrected chi connectivity index (χ3v) is 21.7. The third kappa shape index (κ3) is 9.81. The Morgan fingerprint density at radius 1 is 0.217 bits per heavy atom. The van der Waals surface area contributed by atoms with E-state index in [-0.39, 0.29) is 0 Å². The molecule has 7 fully saturated rings. The molecule has 7 aliphatic rings. The van der Waals surface area contributed by atoms with E-state index in [1.807, 2.05) is 42.7 Å². The van der Waals surface area contributed by atoms with Gasteiger partial charge in [0.2, 0.25) is 0 Å². The molecule has 7 aliphatic carbocycles. The minimum Gasteiger partial charge on any atom is -0.381 e. The van der Waals surface area contributed by atoms with Gasteiger partial charge in [-0.25, -0.2) is 0 Å². The lowest BCUT2D eigenvalue weighted by Crippen LogP contribution is -2.55. The Kier molecular flexibility index (Phi) is 17.0. The molecule has 0 aromatic heterocycles. The zero-order valence-corrected chi connectivity index (χ0v) is 40.7. The lowest BCUT2D eigenvalue weighted by atomic mass is 9.42. The standard InChI is InChI=1S/C54H96O6/c1-52(37-10-22-46(55-4)23-11-37,38-12-24-47(56-5)25-13-38)43-34-44(53(2,39-14-26-48(57-6)27-15-39)40-16-28-49(58-7)29-17-40)36-45(35-43)54(3,41-18-30-50(59-8)31-19-41)42-20-32-51(60-9)33-21-42/h37-51H,10-36H2,1-9H3. The lowest BCUT2D eigenvalue weighted by Gasteiger charge is -2.63. The Labute approximate surface area is 370 Å². The first-order valence-corrected chi connectivity index (χ1v) is 26.2. The van der Waals surface area contributed by atoms with Gasteiger partial charge in [-0.3, -0.25) is 0 Å². The van der Waals surface area contributed by atoms with Crippen molar-refractivity contribution in [2.45, 2.75) is 231 Å². The van der Waals surface area contributed by atoms with Crippen LogP contribution >= 0.6 is 0 Å². The molecular formula is C54H96O6. The van der Waals surface area contributed by atoms with Crippen molar-refractivity contribution in [2.24, 2.45) is 69.5 Å². The highest BCUT2D eigenvalue weighted by Gasteiger charge is 2.59. The van der Waals surface area contributed by atoms with Crippen LogP contribution in [-0.2, 0) is 28.4 Å². The third-order valence-electron chi connectivity index (χ3n) is 21.7. The molecule has 6 nitrogen and oxygen atoms in total. The molecule has 7 saturated carbocycles. The van der Waals surface area contributed by atoms with Gasteiger partial charge >= 0.3 is 0 Å². The van der Waals surface area contributed by atoms with Crippen molar-refractivity contribution < 1.29 is 28.4 Å². The molecule has 0 radical (unpaired) electrons. The maximum atomic E-state index is 6.07. The van der Waals surface area contributed by atoms with Crippen LogP contribution < -0.4 is 0 Å². The zero-order valence-electron chi connectivity index (χ0n) is 40.7. The highest BCUT2D eigenvalue weighted by molar-refractivity contribution is 5.09. The molecule has 0 saturated heterocycles. The van der Waals surface area contributed by atoms with Gasteiger partial charge in [-0.15, -0.1) is 0 Å². The second kappa shape index (κ2) is 21.4. The van der Waals surface area contributed by atoms with Crippen LogP contribution in [-0.4, -0.2) is 79.3 Å². The second-order valence-corrected chi connectivity index (χ2v) is 23.2. The summed E-state index contributed by atoms with van der Waals surface area (Å²) in [6.45, 7) is 8.72. The van der Waals surface area contributed by atoms with E-state index in [0.29, 0.717) is 52.9 Å². The average molecular weight is 841 g/mol. The molecule has 0 amide bonds. The number of rotatable bonds is 15. The zero-order chi connectivity index (χ0) is 42.5. The monoisotopic (exact) mass is 841 g/mol. The van der Waals surface area contributed by atoms with Crippen molar-refractivity contribution in [1.82, 2.24) is 0 Å². The molecule has 0 aromatic rings. The summed E-state index contributed by atoms with van der Waals surface area (Å²) in [6.07, 6.45) is 38.2. The summed E-state index contributed by atoms with van der Waals surface area (Å²) in [5.41, 5.74) is 1.04. The van der Waals surface area contributed by atoms with Crippen molar-refractivity contribution in [1.29, 1.82) is 0 Å². The van der Waals surface area contributed by atoms with Crippen molar-refractivity contribution in [3.63, 3.8) is 0 Å². The minimum atomic E-state index is 0.346. The summed E-state index contributed by atoms with van der Waals surface area (Å²) in [6, 6.07) is 0. The fraction of sp³-hybridized carbons (Fsp3) is 1.00. The molecule has 0 N–H and O–H groups in total. The Bertz CT molecular complexity index is 1010. The van der Waals surface area contributed by atoms with Crippen LogP contribution in [0.3, 0.4) is 0 Å². The van der Waals surface area contributed by atoms with Gasteiger partial charge in [-0.2, -0.15) is 0 Å². The van der Waals surface area contributed by atoms with Gasteiger partial charge in [0.1, 0.15) is 0 Å². The first-order chi connectivity index (χ1) is 29.0. The van der Waals surface area contributed by atoms with E-state index in [9.17, 15) is 0 Å². The summed E-state index contributed by atoms with van der Waals surface area (Å²) >= 11 is 0. The van der Waals surface area contributed by atoms with E-state index in [1.54, 1.807) is 0 Å². The highest BCUT2D eigenvalue weighted by atomic mass is 16.5. The van der Waals surface area contributed by atoms with Crippen LogP contribution in [0.5, 0.6) is 0 Å². The Morgan fingerprint density at radius 2 is 0.350 bits per heavy atom. The molecule has 0 spiro atoms. The van der Waals surface area contributed by atoms with Gasteiger partial charge in [0, 0.05) is 42.7 Å². The molecule has 0 atom stereocenters. The van der Waals surface area contributed by atoms with Gasteiger partial charge in [0.15, 0.2) is 0 Å². The Balaban J connectivity index is 1.32. The van der Waals surface area contributed by atoms with Crippen molar-refractivity contribution in [3.05, 3.63) is 0 Å². The van der Waals surface area contributed by atoms with E-state index in [2.05, 4.69) is 20.8 Å². The quantitative estimate of drug-likeness (QED) is 0.164. The summed E-state index contributed by atoms with van der Waals surface area (Å²) in [4.78, 5) is 0. The predicted molar refractivity (Wildman–Crippen MR) is 245 cm³/mol. The topological polar surface area (TPSA) is 55.4 Å². The molecule has 0 unspecified atom stereocenters. The van der Waals surface area contributed by atoms with E-state index < -0.39 is 0 Å². The molecule has 0 aliphatic heterocycles. The summed E-state index contributed by atoms with van der Waals surface area (Å²) in [5, 5.41) is 0. The van der Waals surface area contributed by atoms with Crippen LogP contribution in [0.4, 0.5) is 0 Å². The predicted octanol–water partition coefficient (Wildman–Crippen LogP) is 13.3. The van der Waals surface area contributed by atoms with Crippen LogP contribution in [0.25, 0.3) is 0 Å². The number of hydrogen-bond acceptors (Lipinski definition) is 6. The van der Waals surface area contributed by atoms with E-state index in [1.165, 1.54) is 173 Å². The molecule has 0 bridgehead atoms. The van der Waals surface area contributed by atoms with Crippen molar-refractivity contribution in [2.75, 3.05) is 42.7 Å². The summed E-state index contributed by atoms with van der Waals surface area (Å²) in [7, 11) is 11.8. The van der Waals surface area contributed by atoms with E-state index in [0.717, 1.165) is 53.3 Å². The van der Waals surface area contributed by atoms with E-state index >= 15 is 0 Å². The normalized spacial score (nSPS) is 44.2. The smallest absolute Gasteiger partial charge is 0.0571 e. The first-order valence-electron chi connectivity index (χ1n) is 26.2. The van der Waals surface area contributed by atoms with Crippen LogP contribution in [0, 0.1) is 69.5 Å². The van der Waals surface area contributed by atoms with Gasteiger partial charge in [0.05, 0.1) is 36.6 Å². The molecule has 6 heteroatoms. The number of hydrogen-bond donors (Lipinski definition) is 0. The van der Waals surface area contributed by atoms with Gasteiger partial charge < -0.3 is 28.4 Å². The highest BCUT2D eigenvalue weighted by Crippen LogP contribution is 2.67. The SMILES string of the molecule is COC1CCC(C(C)(C2CCC(OC)CC2)C2CC(C(C)(C3CCC(OC)CC3)C3CCC(OC)CC3)CC(C(C)(C3CCC(OC)CC3)C3CCC(OC)CC3)C2)CC1. The van der Waals surface area contributed by atoms with Crippen LogP contribution in [0.2, 0.25) is 0 Å². The van der Waals surface area contributed by atoms with Crippen LogP contribution in [0.1, 0.15) is 194 Å². The minimum absolute atomic E-state index is 0.346. The van der Waals surface area contributed by atoms with Crippen molar-refractivity contribution in [3.8, 4) is 0 Å². The number of ether oxygens (including phenoxy) is 6. The summed E-state index contributed by atoms with van der Waals surface area (Å²) in [5.74, 6) is 7.05. The Hall–Kier alpha value is -0.240. The van der Waals surface area contributed by atoms with Crippen molar-refractivity contribution >= 4 is 0 Å². The maximum Gasteiger partial charge on any atom is 0.0571 e.